The van der Waals surface area contributed by atoms with Crippen molar-refractivity contribution in [1.29, 1.82) is 5.26 Å². The van der Waals surface area contributed by atoms with Gasteiger partial charge in [-0.15, -0.1) is 0 Å². The first kappa shape index (κ1) is 12.2. The molecule has 2 rings (SSSR count). The van der Waals surface area contributed by atoms with Crippen LogP contribution in [0.1, 0.15) is 16.7 Å². The molecule has 0 atom stereocenters. The highest BCUT2D eigenvalue weighted by Crippen LogP contribution is 2.26. The normalized spacial score (nSPS) is 9.83. The smallest absolute Gasteiger partial charge is 0.145 e. The van der Waals surface area contributed by atoms with Gasteiger partial charge in [0.2, 0.25) is 0 Å². The number of aliphatic hydroxyl groups is 1. The predicted molar refractivity (Wildman–Crippen MR) is 68.3 cm³/mol. The molecule has 3 nitrogen and oxygen atoms in total. The van der Waals surface area contributed by atoms with Crippen molar-refractivity contribution in [2.75, 3.05) is 0 Å². The van der Waals surface area contributed by atoms with Crippen LogP contribution in [-0.2, 0) is 6.61 Å². The molecule has 2 aromatic carbocycles. The monoisotopic (exact) mass is 239 g/mol. The minimum absolute atomic E-state index is 0.0148. The zero-order valence-corrected chi connectivity index (χ0v) is 10.1. The molecule has 2 aromatic rings. The van der Waals surface area contributed by atoms with Crippen LogP contribution in [0.25, 0.3) is 0 Å². The second-order valence-electron chi connectivity index (χ2n) is 3.96. The third kappa shape index (κ3) is 2.50. The molecule has 0 aromatic heterocycles. The van der Waals surface area contributed by atoms with E-state index in [4.69, 9.17) is 15.1 Å². The number of ether oxygens (including phenoxy) is 1. The first-order valence-corrected chi connectivity index (χ1v) is 5.62. The minimum Gasteiger partial charge on any atom is -0.456 e. The highest BCUT2D eigenvalue weighted by molar-refractivity contribution is 5.46. The van der Waals surface area contributed by atoms with E-state index in [-0.39, 0.29) is 6.61 Å². The number of nitriles is 1. The van der Waals surface area contributed by atoms with Gasteiger partial charge in [0, 0.05) is 0 Å². The van der Waals surface area contributed by atoms with Crippen LogP contribution in [0.3, 0.4) is 0 Å². The Bertz CT molecular complexity index is 600. The van der Waals surface area contributed by atoms with Crippen molar-refractivity contribution >= 4 is 0 Å². The van der Waals surface area contributed by atoms with Gasteiger partial charge >= 0.3 is 0 Å². The quantitative estimate of drug-likeness (QED) is 0.895. The van der Waals surface area contributed by atoms with Crippen LogP contribution in [0.2, 0.25) is 0 Å². The Hall–Kier alpha value is -2.31. The summed E-state index contributed by atoms with van der Waals surface area (Å²) in [5, 5.41) is 18.1. The molecule has 0 heterocycles. The maximum Gasteiger partial charge on any atom is 0.145 e. The van der Waals surface area contributed by atoms with E-state index in [1.807, 2.05) is 25.1 Å². The molecule has 3 heteroatoms. The van der Waals surface area contributed by atoms with Crippen LogP contribution in [0.5, 0.6) is 11.5 Å². The summed E-state index contributed by atoms with van der Waals surface area (Å²) in [6.07, 6.45) is 0. The number of aliphatic hydroxyl groups excluding tert-OH is 1. The molecule has 0 saturated heterocycles. The zero-order chi connectivity index (χ0) is 13.0. The molecular formula is C15H13NO2. The third-order valence-corrected chi connectivity index (χ3v) is 2.72. The van der Waals surface area contributed by atoms with Crippen LogP contribution in [-0.4, -0.2) is 5.11 Å². The molecule has 0 aliphatic carbocycles. The Labute approximate surface area is 106 Å². The predicted octanol–water partition coefficient (Wildman–Crippen LogP) is 3.15. The molecule has 0 spiro atoms. The molecule has 0 aliphatic heterocycles. The summed E-state index contributed by atoms with van der Waals surface area (Å²) in [6.45, 7) is 1.93. The summed E-state index contributed by atoms with van der Waals surface area (Å²) in [7, 11) is 0. The van der Waals surface area contributed by atoms with Gasteiger partial charge in [0.05, 0.1) is 12.2 Å². The summed E-state index contributed by atoms with van der Waals surface area (Å²) in [5.74, 6) is 1.20. The molecule has 90 valence electrons. The molecule has 0 saturated carbocycles. The van der Waals surface area contributed by atoms with Crippen LogP contribution in [0.15, 0.2) is 42.5 Å². The van der Waals surface area contributed by atoms with Crippen LogP contribution >= 0.6 is 0 Å². The Balaban J connectivity index is 2.29. The highest BCUT2D eigenvalue weighted by Gasteiger charge is 2.05. The molecule has 0 amide bonds. The fourth-order valence-electron chi connectivity index (χ4n) is 1.68. The fourth-order valence-corrected chi connectivity index (χ4v) is 1.68. The molecule has 0 radical (unpaired) electrons. The van der Waals surface area contributed by atoms with Crippen molar-refractivity contribution in [1.82, 2.24) is 0 Å². The lowest BCUT2D eigenvalue weighted by molar-refractivity contribution is 0.281. The molecular weight excluding hydrogens is 226 g/mol. The molecule has 0 fully saturated rings. The number of hydrogen-bond acceptors (Lipinski definition) is 3. The zero-order valence-electron chi connectivity index (χ0n) is 10.1. The largest absolute Gasteiger partial charge is 0.456 e. The maximum atomic E-state index is 9.10. The van der Waals surface area contributed by atoms with Gasteiger partial charge in [-0.1, -0.05) is 18.2 Å². The van der Waals surface area contributed by atoms with Crippen LogP contribution < -0.4 is 4.74 Å². The number of rotatable bonds is 3. The first-order chi connectivity index (χ1) is 8.74. The van der Waals surface area contributed by atoms with Crippen molar-refractivity contribution < 1.29 is 9.84 Å². The van der Waals surface area contributed by atoms with Crippen LogP contribution in [0.4, 0.5) is 0 Å². The Morgan fingerprint density at radius 2 is 2.00 bits per heavy atom. The van der Waals surface area contributed by atoms with Crippen molar-refractivity contribution in [3.05, 3.63) is 59.2 Å². The van der Waals surface area contributed by atoms with Crippen molar-refractivity contribution in [2.24, 2.45) is 0 Å². The summed E-state index contributed by atoms with van der Waals surface area (Å²) in [4.78, 5) is 0. The van der Waals surface area contributed by atoms with E-state index >= 15 is 0 Å². The molecule has 0 unspecified atom stereocenters. The number of hydrogen-bond donors (Lipinski definition) is 1. The van der Waals surface area contributed by atoms with E-state index in [2.05, 4.69) is 6.07 Å². The van der Waals surface area contributed by atoms with Gasteiger partial charge in [-0.3, -0.25) is 0 Å². The van der Waals surface area contributed by atoms with E-state index in [1.165, 1.54) is 0 Å². The van der Waals surface area contributed by atoms with Crippen molar-refractivity contribution in [3.63, 3.8) is 0 Å². The third-order valence-electron chi connectivity index (χ3n) is 2.72. The number of aryl methyl sites for hydroxylation is 1. The number of benzene rings is 2. The van der Waals surface area contributed by atoms with E-state index < -0.39 is 0 Å². The van der Waals surface area contributed by atoms with Gasteiger partial charge in [-0.05, 0) is 42.3 Å². The Morgan fingerprint density at radius 1 is 1.22 bits per heavy atom. The molecule has 0 bridgehead atoms. The number of para-hydroxylation sites is 1. The van der Waals surface area contributed by atoms with E-state index in [9.17, 15) is 0 Å². The molecule has 1 N–H and O–H groups in total. The lowest BCUT2D eigenvalue weighted by Crippen LogP contribution is -1.92. The standard InChI is InChI=1S/C15H13NO2/c1-11-8-14(7-6-13(11)10-17)18-15-5-3-2-4-12(15)9-16/h2-8,17H,10H2,1H3. The summed E-state index contributed by atoms with van der Waals surface area (Å²) >= 11 is 0. The average Bonchev–Trinajstić information content (AvgIpc) is 2.39. The lowest BCUT2D eigenvalue weighted by Gasteiger charge is -2.09. The van der Waals surface area contributed by atoms with Crippen LogP contribution in [0, 0.1) is 18.3 Å². The van der Waals surface area contributed by atoms with Gasteiger partial charge in [-0.25, -0.2) is 0 Å². The Kier molecular flexibility index (Phi) is 3.61. The van der Waals surface area contributed by atoms with Crippen molar-refractivity contribution in [3.8, 4) is 17.6 Å². The summed E-state index contributed by atoms with van der Waals surface area (Å²) in [6, 6.07) is 14.6. The summed E-state index contributed by atoms with van der Waals surface area (Å²) in [5.41, 5.74) is 2.33. The SMILES string of the molecule is Cc1cc(Oc2ccccc2C#N)ccc1CO. The first-order valence-electron chi connectivity index (χ1n) is 5.62. The second-order valence-corrected chi connectivity index (χ2v) is 3.96. The van der Waals surface area contributed by atoms with Gasteiger partial charge in [0.25, 0.3) is 0 Å². The van der Waals surface area contributed by atoms with Gasteiger partial charge < -0.3 is 9.84 Å². The number of nitrogens with zero attached hydrogens (tertiary/aromatic N) is 1. The van der Waals surface area contributed by atoms with Crippen molar-refractivity contribution in [2.45, 2.75) is 13.5 Å². The lowest BCUT2D eigenvalue weighted by atomic mass is 10.1. The van der Waals surface area contributed by atoms with E-state index in [1.54, 1.807) is 24.3 Å². The van der Waals surface area contributed by atoms with Gasteiger partial charge in [0.15, 0.2) is 0 Å². The van der Waals surface area contributed by atoms with E-state index in [0.717, 1.165) is 11.1 Å². The second kappa shape index (κ2) is 5.35. The Morgan fingerprint density at radius 3 is 2.67 bits per heavy atom. The minimum atomic E-state index is 0.0148. The van der Waals surface area contributed by atoms with Gasteiger partial charge in [0.1, 0.15) is 17.6 Å². The maximum absolute atomic E-state index is 9.10. The average molecular weight is 239 g/mol. The molecule has 0 aliphatic rings. The topological polar surface area (TPSA) is 53.2 Å². The summed E-state index contributed by atoms with van der Waals surface area (Å²) < 4.78 is 5.68. The van der Waals surface area contributed by atoms with Gasteiger partial charge in [-0.2, -0.15) is 5.26 Å². The molecule has 18 heavy (non-hydrogen) atoms. The highest BCUT2D eigenvalue weighted by atomic mass is 16.5. The fraction of sp³-hybridized carbons (Fsp3) is 0.133. The van der Waals surface area contributed by atoms with E-state index in [0.29, 0.717) is 17.1 Å².